The maximum atomic E-state index is 13.2. The van der Waals surface area contributed by atoms with E-state index in [1.807, 2.05) is 0 Å². The summed E-state index contributed by atoms with van der Waals surface area (Å²) in [5, 5.41) is 0.391. The summed E-state index contributed by atoms with van der Waals surface area (Å²) in [7, 11) is 0. The summed E-state index contributed by atoms with van der Waals surface area (Å²) in [5.41, 5.74) is 0.930. The van der Waals surface area contributed by atoms with Gasteiger partial charge in [0.1, 0.15) is 12.0 Å². The molecule has 1 aromatic heterocycles. The number of carbonyl (C=O) groups is 3. The minimum atomic E-state index is -1.18. The van der Waals surface area contributed by atoms with Crippen molar-refractivity contribution in [2.24, 2.45) is 5.92 Å². The van der Waals surface area contributed by atoms with Crippen molar-refractivity contribution < 1.29 is 19.4 Å². The van der Waals surface area contributed by atoms with E-state index < -0.39 is 29.4 Å². The highest BCUT2D eigenvalue weighted by Crippen LogP contribution is 2.42. The molecule has 1 saturated heterocycles. The first-order valence-corrected chi connectivity index (χ1v) is 9.15. The van der Waals surface area contributed by atoms with Crippen molar-refractivity contribution in [3.05, 3.63) is 95.1 Å². The molecule has 2 heterocycles. The van der Waals surface area contributed by atoms with Gasteiger partial charge in [0.05, 0.1) is 6.20 Å². The first-order chi connectivity index (χ1) is 13.6. The smallest absolute Gasteiger partial charge is 0.293 e. The molecular weight excluding hydrogens is 376 g/mol. The highest BCUT2D eigenvalue weighted by Gasteiger charge is 2.58. The second-order valence-corrected chi connectivity index (χ2v) is 6.87. The number of anilines is 1. The van der Waals surface area contributed by atoms with Crippen LogP contribution in [0.25, 0.3) is 0 Å². The molecule has 5 nitrogen and oxygen atoms in total. The van der Waals surface area contributed by atoms with Crippen molar-refractivity contribution in [1.82, 2.24) is 0 Å². The minimum Gasteiger partial charge on any atom is -0.293 e. The van der Waals surface area contributed by atoms with E-state index in [9.17, 15) is 14.4 Å². The van der Waals surface area contributed by atoms with Crippen molar-refractivity contribution in [2.75, 3.05) is 4.90 Å². The number of benzene rings is 2. The average Bonchev–Trinajstić information content (AvgIpc) is 3.00. The van der Waals surface area contributed by atoms with Gasteiger partial charge in [0.2, 0.25) is 0 Å². The predicted octanol–water partition coefficient (Wildman–Crippen LogP) is 3.31. The molecule has 1 aliphatic rings. The fourth-order valence-electron chi connectivity index (χ4n) is 3.54. The highest BCUT2D eigenvalue weighted by atomic mass is 35.5. The molecular formula is C22H16ClN2O3+. The third kappa shape index (κ3) is 3.00. The van der Waals surface area contributed by atoms with Gasteiger partial charge in [-0.1, -0.05) is 66.2 Å². The van der Waals surface area contributed by atoms with Crippen LogP contribution in [0.4, 0.5) is 5.82 Å². The molecule has 1 amide bonds. The van der Waals surface area contributed by atoms with Gasteiger partial charge in [-0.2, -0.15) is 4.90 Å². The molecule has 2 unspecified atom stereocenters. The molecule has 0 bridgehead atoms. The van der Waals surface area contributed by atoms with Crippen LogP contribution < -0.4 is 9.88 Å². The van der Waals surface area contributed by atoms with Crippen molar-refractivity contribution in [3.63, 3.8) is 0 Å². The van der Waals surface area contributed by atoms with Crippen LogP contribution in [-0.2, 0) is 9.59 Å². The summed E-state index contributed by atoms with van der Waals surface area (Å²) in [6.45, 7) is 0. The number of carbonyl (C=O) groups excluding carboxylic acids is 3. The lowest BCUT2D eigenvalue weighted by atomic mass is 9.86. The van der Waals surface area contributed by atoms with Crippen LogP contribution in [-0.4, -0.2) is 17.5 Å². The van der Waals surface area contributed by atoms with Crippen LogP contribution in [0, 0.1) is 5.92 Å². The van der Waals surface area contributed by atoms with Gasteiger partial charge in [-0.25, -0.2) is 9.78 Å². The Bertz CT molecular complexity index is 1050. The van der Waals surface area contributed by atoms with Gasteiger partial charge in [0.25, 0.3) is 11.6 Å². The molecule has 1 N–H and O–H groups in total. The van der Waals surface area contributed by atoms with Gasteiger partial charge in [-0.05, 0) is 12.1 Å². The van der Waals surface area contributed by atoms with Crippen molar-refractivity contribution in [3.8, 4) is 0 Å². The van der Waals surface area contributed by atoms with Crippen LogP contribution in [0.1, 0.15) is 22.0 Å². The van der Waals surface area contributed by atoms with Crippen LogP contribution in [0.15, 0.2) is 79.0 Å². The molecule has 2 aromatic carbocycles. The van der Waals surface area contributed by atoms with E-state index in [0.29, 0.717) is 22.0 Å². The zero-order valence-electron chi connectivity index (χ0n) is 14.7. The zero-order chi connectivity index (χ0) is 19.7. The number of hydrogen-bond acceptors (Lipinski definition) is 3. The Kier molecular flexibility index (Phi) is 4.75. The molecule has 0 spiro atoms. The molecule has 1 fully saturated rings. The Morgan fingerprint density at radius 2 is 1.57 bits per heavy atom. The molecule has 1 aliphatic heterocycles. The highest BCUT2D eigenvalue weighted by molar-refractivity contribution is 6.49. The SMILES string of the molecule is O=C1C(=O)N(c2cccc[nH+]2)C(c2ccccc2Cl)C1C(=O)c1ccccc1. The molecule has 2 atom stereocenters. The number of H-pyrrole nitrogens is 1. The van der Waals surface area contributed by atoms with E-state index in [1.54, 1.807) is 79.0 Å². The van der Waals surface area contributed by atoms with Gasteiger partial charge in [0.15, 0.2) is 5.78 Å². The van der Waals surface area contributed by atoms with Gasteiger partial charge >= 0.3 is 5.91 Å². The number of nitrogens with one attached hydrogen (secondary N) is 1. The number of halogens is 1. The molecule has 3 aromatic rings. The molecule has 4 rings (SSSR count). The van der Waals surface area contributed by atoms with Gasteiger partial charge in [-0.15, -0.1) is 0 Å². The van der Waals surface area contributed by atoms with E-state index in [4.69, 9.17) is 11.6 Å². The quantitative estimate of drug-likeness (QED) is 0.389. The lowest BCUT2D eigenvalue weighted by molar-refractivity contribution is -0.363. The largest absolute Gasteiger partial charge is 0.378 e. The number of aromatic amines is 1. The van der Waals surface area contributed by atoms with Crippen molar-refractivity contribution in [2.45, 2.75) is 6.04 Å². The van der Waals surface area contributed by atoms with E-state index >= 15 is 0 Å². The summed E-state index contributed by atoms with van der Waals surface area (Å²) in [4.78, 5) is 43.4. The number of ketones is 2. The Balaban J connectivity index is 1.89. The molecule has 138 valence electrons. The topological polar surface area (TPSA) is 68.6 Å². The number of amides is 1. The monoisotopic (exact) mass is 391 g/mol. The van der Waals surface area contributed by atoms with E-state index in [0.717, 1.165) is 0 Å². The average molecular weight is 392 g/mol. The summed E-state index contributed by atoms with van der Waals surface area (Å²) < 4.78 is 0. The maximum absolute atomic E-state index is 13.2. The van der Waals surface area contributed by atoms with Crippen LogP contribution in [0.3, 0.4) is 0 Å². The summed E-state index contributed by atoms with van der Waals surface area (Å²) in [6, 6.07) is 19.8. The Labute approximate surface area is 166 Å². The fourth-order valence-corrected chi connectivity index (χ4v) is 3.79. The fraction of sp³-hybridized carbons (Fsp3) is 0.0909. The number of Topliss-reactive ketones (excluding diaryl/α,β-unsaturated/α-hetero) is 2. The van der Waals surface area contributed by atoms with Gasteiger partial charge in [0, 0.05) is 22.2 Å². The van der Waals surface area contributed by atoms with E-state index in [1.165, 1.54) is 4.90 Å². The third-order valence-corrected chi connectivity index (χ3v) is 5.17. The lowest BCUT2D eigenvalue weighted by Gasteiger charge is -2.21. The second-order valence-electron chi connectivity index (χ2n) is 6.46. The summed E-state index contributed by atoms with van der Waals surface area (Å²) in [5.74, 6) is -2.63. The van der Waals surface area contributed by atoms with E-state index in [2.05, 4.69) is 4.98 Å². The summed E-state index contributed by atoms with van der Waals surface area (Å²) in [6.07, 6.45) is 1.66. The number of hydrogen-bond donors (Lipinski definition) is 0. The van der Waals surface area contributed by atoms with Crippen LogP contribution in [0.5, 0.6) is 0 Å². The lowest BCUT2D eigenvalue weighted by Crippen LogP contribution is -2.34. The maximum Gasteiger partial charge on any atom is 0.378 e. The number of rotatable bonds is 4. The molecule has 28 heavy (non-hydrogen) atoms. The molecule has 0 aliphatic carbocycles. The Morgan fingerprint density at radius 1 is 0.893 bits per heavy atom. The Hall–Kier alpha value is -3.31. The number of pyridine rings is 1. The van der Waals surface area contributed by atoms with Gasteiger partial charge in [-0.3, -0.25) is 9.59 Å². The number of aromatic nitrogens is 1. The molecule has 6 heteroatoms. The second kappa shape index (κ2) is 7.37. The van der Waals surface area contributed by atoms with E-state index in [-0.39, 0.29) is 0 Å². The van der Waals surface area contributed by atoms with Gasteiger partial charge < -0.3 is 0 Å². The molecule has 0 radical (unpaired) electrons. The zero-order valence-corrected chi connectivity index (χ0v) is 15.5. The summed E-state index contributed by atoms with van der Waals surface area (Å²) >= 11 is 6.40. The third-order valence-electron chi connectivity index (χ3n) is 4.82. The predicted molar refractivity (Wildman–Crippen MR) is 104 cm³/mol. The first kappa shape index (κ1) is 18.1. The Morgan fingerprint density at radius 3 is 2.25 bits per heavy atom. The van der Waals surface area contributed by atoms with Crippen molar-refractivity contribution >= 4 is 34.9 Å². The standard InChI is InChI=1S/C22H15ClN2O3/c23-16-11-5-4-10-15(16)19-18(20(26)14-8-2-1-3-9-14)21(27)22(28)25(19)17-12-6-7-13-24-17/h1-13,18-19H/p+1. The van der Waals surface area contributed by atoms with Crippen LogP contribution in [0.2, 0.25) is 5.02 Å². The normalized spacial score (nSPS) is 19.1. The molecule has 0 saturated carbocycles. The first-order valence-electron chi connectivity index (χ1n) is 8.77. The minimum absolute atomic E-state index is 0.379. The number of nitrogens with zero attached hydrogens (tertiary/aromatic N) is 1. The van der Waals surface area contributed by atoms with Crippen molar-refractivity contribution in [1.29, 1.82) is 0 Å². The van der Waals surface area contributed by atoms with Crippen LogP contribution >= 0.6 is 11.6 Å².